The third kappa shape index (κ3) is 1.89. The first-order valence-corrected chi connectivity index (χ1v) is 5.61. The highest BCUT2D eigenvalue weighted by Gasteiger charge is 2.37. The van der Waals surface area contributed by atoms with Crippen LogP contribution in [0.4, 0.5) is 0 Å². The highest BCUT2D eigenvalue weighted by Crippen LogP contribution is 2.33. The maximum absolute atomic E-state index is 6.14. The minimum atomic E-state index is 0.0856. The Bertz CT molecular complexity index is 189. The molecule has 0 amide bonds. The second kappa shape index (κ2) is 3.25. The van der Waals surface area contributed by atoms with E-state index in [1.807, 2.05) is 0 Å². The number of nitrogens with zero attached hydrogens (tertiary/aromatic N) is 1. The molecule has 13 heavy (non-hydrogen) atoms. The summed E-state index contributed by atoms with van der Waals surface area (Å²) in [6, 6.07) is 0.838. The molecule has 0 aromatic rings. The fourth-order valence-corrected chi connectivity index (χ4v) is 2.97. The fourth-order valence-electron chi connectivity index (χ4n) is 2.97. The van der Waals surface area contributed by atoms with E-state index >= 15 is 0 Å². The van der Waals surface area contributed by atoms with Gasteiger partial charge in [0.25, 0.3) is 0 Å². The summed E-state index contributed by atoms with van der Waals surface area (Å²) >= 11 is 0. The molecule has 2 N–H and O–H groups in total. The van der Waals surface area contributed by atoms with Gasteiger partial charge in [-0.25, -0.2) is 0 Å². The van der Waals surface area contributed by atoms with Crippen molar-refractivity contribution in [1.29, 1.82) is 0 Å². The lowest BCUT2D eigenvalue weighted by atomic mass is 10.0. The summed E-state index contributed by atoms with van der Waals surface area (Å²) in [6.45, 7) is 6.92. The van der Waals surface area contributed by atoms with E-state index in [1.54, 1.807) is 0 Å². The first kappa shape index (κ1) is 9.47. The average Bonchev–Trinajstić information content (AvgIpc) is 2.56. The Balaban J connectivity index is 1.95. The van der Waals surface area contributed by atoms with Gasteiger partial charge < -0.3 is 5.73 Å². The van der Waals surface area contributed by atoms with Crippen molar-refractivity contribution in [2.45, 2.75) is 51.1 Å². The molecular weight excluding hydrogens is 160 g/mol. The van der Waals surface area contributed by atoms with E-state index in [1.165, 1.54) is 32.2 Å². The van der Waals surface area contributed by atoms with E-state index in [0.717, 1.165) is 18.5 Å². The van der Waals surface area contributed by atoms with Crippen molar-refractivity contribution < 1.29 is 0 Å². The van der Waals surface area contributed by atoms with Crippen LogP contribution in [-0.4, -0.2) is 29.6 Å². The molecule has 3 atom stereocenters. The zero-order valence-corrected chi connectivity index (χ0v) is 8.92. The largest absolute Gasteiger partial charge is 0.324 e. The van der Waals surface area contributed by atoms with Gasteiger partial charge in [-0.3, -0.25) is 4.90 Å². The number of hydrogen-bond donors (Lipinski definition) is 1. The summed E-state index contributed by atoms with van der Waals surface area (Å²) in [6.07, 6.45) is 5.42. The number of likely N-dealkylation sites (tertiary alicyclic amines) is 1. The van der Waals surface area contributed by atoms with E-state index in [-0.39, 0.29) is 5.54 Å². The van der Waals surface area contributed by atoms with E-state index in [2.05, 4.69) is 18.7 Å². The van der Waals surface area contributed by atoms with E-state index < -0.39 is 0 Å². The maximum Gasteiger partial charge on any atom is 0.0267 e. The van der Waals surface area contributed by atoms with Gasteiger partial charge in [-0.2, -0.15) is 0 Å². The highest BCUT2D eigenvalue weighted by atomic mass is 15.2. The van der Waals surface area contributed by atoms with Crippen molar-refractivity contribution in [3.63, 3.8) is 0 Å². The van der Waals surface area contributed by atoms with Crippen molar-refractivity contribution >= 4 is 0 Å². The molecule has 1 saturated heterocycles. The molecule has 2 rings (SSSR count). The van der Waals surface area contributed by atoms with Crippen LogP contribution in [0, 0.1) is 5.92 Å². The molecule has 2 fully saturated rings. The molecule has 2 heteroatoms. The van der Waals surface area contributed by atoms with Crippen LogP contribution in [0.3, 0.4) is 0 Å². The molecule has 2 nitrogen and oxygen atoms in total. The Morgan fingerprint density at radius 1 is 1.38 bits per heavy atom. The molecule has 2 aliphatic rings. The summed E-state index contributed by atoms with van der Waals surface area (Å²) in [7, 11) is 0. The first-order valence-electron chi connectivity index (χ1n) is 5.61. The standard InChI is InChI=1S/C11H22N2/c1-9-4-3-5-10(9)13-7-6-11(2,12)8-13/h9-10H,3-8,12H2,1-2H3. The lowest BCUT2D eigenvalue weighted by Crippen LogP contribution is -2.42. The lowest BCUT2D eigenvalue weighted by Gasteiger charge is -2.28. The monoisotopic (exact) mass is 182 g/mol. The van der Waals surface area contributed by atoms with Crippen LogP contribution in [-0.2, 0) is 0 Å². The SMILES string of the molecule is CC1CCCC1N1CCC(C)(N)C1. The fraction of sp³-hybridized carbons (Fsp3) is 1.00. The Labute approximate surface area is 81.5 Å². The van der Waals surface area contributed by atoms with Gasteiger partial charge in [-0.1, -0.05) is 13.3 Å². The van der Waals surface area contributed by atoms with Gasteiger partial charge in [0.1, 0.15) is 0 Å². The topological polar surface area (TPSA) is 29.3 Å². The van der Waals surface area contributed by atoms with E-state index in [9.17, 15) is 0 Å². The average molecular weight is 182 g/mol. The molecule has 0 aromatic heterocycles. The molecule has 0 spiro atoms. The van der Waals surface area contributed by atoms with Gasteiger partial charge in [0, 0.05) is 24.7 Å². The second-order valence-corrected chi connectivity index (χ2v) is 5.35. The van der Waals surface area contributed by atoms with Crippen molar-refractivity contribution in [3.05, 3.63) is 0 Å². The van der Waals surface area contributed by atoms with Gasteiger partial charge in [0.05, 0.1) is 0 Å². The predicted octanol–water partition coefficient (Wildman–Crippen LogP) is 1.60. The third-order valence-electron chi connectivity index (χ3n) is 3.82. The third-order valence-corrected chi connectivity index (χ3v) is 3.82. The Kier molecular flexibility index (Phi) is 2.37. The molecular formula is C11H22N2. The van der Waals surface area contributed by atoms with Crippen LogP contribution in [0.5, 0.6) is 0 Å². The number of hydrogen-bond acceptors (Lipinski definition) is 2. The van der Waals surface area contributed by atoms with Crippen LogP contribution in [0.2, 0.25) is 0 Å². The van der Waals surface area contributed by atoms with E-state index in [0.29, 0.717) is 0 Å². The molecule has 3 unspecified atom stereocenters. The van der Waals surface area contributed by atoms with Crippen LogP contribution in [0.25, 0.3) is 0 Å². The Morgan fingerprint density at radius 2 is 2.15 bits per heavy atom. The van der Waals surface area contributed by atoms with Gasteiger partial charge in [0.2, 0.25) is 0 Å². The highest BCUT2D eigenvalue weighted by molar-refractivity contribution is 4.95. The van der Waals surface area contributed by atoms with Gasteiger partial charge in [-0.05, 0) is 32.1 Å². The summed E-state index contributed by atoms with van der Waals surface area (Å²) in [5, 5.41) is 0. The van der Waals surface area contributed by atoms with Crippen LogP contribution in [0.15, 0.2) is 0 Å². The summed E-state index contributed by atoms with van der Waals surface area (Å²) in [5.74, 6) is 0.897. The van der Waals surface area contributed by atoms with Crippen molar-refractivity contribution in [2.75, 3.05) is 13.1 Å². The molecule has 0 radical (unpaired) electrons. The molecule has 1 aliphatic heterocycles. The van der Waals surface area contributed by atoms with Gasteiger partial charge >= 0.3 is 0 Å². The molecule has 0 aromatic carbocycles. The van der Waals surface area contributed by atoms with E-state index in [4.69, 9.17) is 5.73 Å². The molecule has 1 aliphatic carbocycles. The van der Waals surface area contributed by atoms with Crippen LogP contribution in [0.1, 0.15) is 39.5 Å². The van der Waals surface area contributed by atoms with Crippen molar-refractivity contribution in [2.24, 2.45) is 11.7 Å². The zero-order valence-electron chi connectivity index (χ0n) is 8.92. The normalized spacial score (nSPS) is 47.3. The second-order valence-electron chi connectivity index (χ2n) is 5.35. The minimum Gasteiger partial charge on any atom is -0.324 e. The molecule has 1 saturated carbocycles. The maximum atomic E-state index is 6.14. The summed E-state index contributed by atoms with van der Waals surface area (Å²) < 4.78 is 0. The molecule has 76 valence electrons. The number of nitrogens with two attached hydrogens (primary N) is 1. The predicted molar refractivity (Wildman–Crippen MR) is 55.6 cm³/mol. The zero-order chi connectivity index (χ0) is 9.47. The van der Waals surface area contributed by atoms with Crippen molar-refractivity contribution in [1.82, 2.24) is 4.90 Å². The van der Waals surface area contributed by atoms with Crippen molar-refractivity contribution in [3.8, 4) is 0 Å². The minimum absolute atomic E-state index is 0.0856. The number of rotatable bonds is 1. The molecule has 0 bridgehead atoms. The summed E-state index contributed by atoms with van der Waals surface area (Å²) in [5.41, 5.74) is 6.23. The first-order chi connectivity index (χ1) is 6.08. The van der Waals surface area contributed by atoms with Crippen LogP contribution >= 0.6 is 0 Å². The molecule has 1 heterocycles. The summed E-state index contributed by atoms with van der Waals surface area (Å²) in [4.78, 5) is 2.62. The van der Waals surface area contributed by atoms with Crippen LogP contribution < -0.4 is 5.73 Å². The lowest BCUT2D eigenvalue weighted by molar-refractivity contribution is 0.196. The smallest absolute Gasteiger partial charge is 0.0267 e. The Hall–Kier alpha value is -0.0800. The van der Waals surface area contributed by atoms with Gasteiger partial charge in [-0.15, -0.1) is 0 Å². The quantitative estimate of drug-likeness (QED) is 0.667. The Morgan fingerprint density at radius 3 is 2.62 bits per heavy atom. The van der Waals surface area contributed by atoms with Gasteiger partial charge in [0.15, 0.2) is 0 Å².